The minimum atomic E-state index is 0. The van der Waals surface area contributed by atoms with Crippen molar-refractivity contribution in [3.8, 4) is 0 Å². The van der Waals surface area contributed by atoms with Gasteiger partial charge < -0.3 is 19.9 Å². The molecule has 178 valence electrons. The first-order chi connectivity index (χ1) is 15.8. The van der Waals surface area contributed by atoms with Crippen LogP contribution >= 0.6 is 24.0 Å². The number of anilines is 1. The lowest BCUT2D eigenvalue weighted by atomic mass is 10.1. The Morgan fingerprint density at radius 2 is 1.76 bits per heavy atom. The van der Waals surface area contributed by atoms with Crippen molar-refractivity contribution >= 4 is 35.6 Å². The normalized spacial score (nSPS) is 25.6. The van der Waals surface area contributed by atoms with Gasteiger partial charge in [-0.15, -0.1) is 24.0 Å². The molecule has 0 spiro atoms. The van der Waals surface area contributed by atoms with Crippen LogP contribution in [0.3, 0.4) is 0 Å². The zero-order valence-corrected chi connectivity index (χ0v) is 21.8. The maximum absolute atomic E-state index is 6.16. The molecule has 3 aliphatic rings. The lowest BCUT2D eigenvalue weighted by Gasteiger charge is -2.36. The Kier molecular flexibility index (Phi) is 8.49. The molecule has 3 unspecified atom stereocenters. The van der Waals surface area contributed by atoms with Crippen LogP contribution in [0.2, 0.25) is 0 Å². The number of halogens is 1. The molecule has 0 aromatic heterocycles. The molecule has 0 radical (unpaired) electrons. The molecule has 0 aliphatic carbocycles. The predicted octanol–water partition coefficient (Wildman–Crippen LogP) is 3.29. The summed E-state index contributed by atoms with van der Waals surface area (Å²) in [4.78, 5) is 12.1. The Labute approximate surface area is 215 Å². The van der Waals surface area contributed by atoms with Crippen LogP contribution in [-0.4, -0.2) is 80.8 Å². The molecule has 0 saturated carbocycles. The third kappa shape index (κ3) is 5.81. The van der Waals surface area contributed by atoms with Gasteiger partial charge in [0.1, 0.15) is 0 Å². The first kappa shape index (κ1) is 24.3. The van der Waals surface area contributed by atoms with Crippen LogP contribution in [0.4, 0.5) is 5.69 Å². The Balaban J connectivity index is 0.00000259. The number of hydrogen-bond acceptors (Lipinski definition) is 4. The fourth-order valence-electron chi connectivity index (χ4n) is 5.39. The maximum atomic E-state index is 6.16. The molecule has 3 atom stereocenters. The molecule has 3 fully saturated rings. The van der Waals surface area contributed by atoms with Gasteiger partial charge in [-0.05, 0) is 30.0 Å². The number of fused-ring (bicyclic) bond motifs is 1. The summed E-state index contributed by atoms with van der Waals surface area (Å²) in [6.45, 7) is 7.88. The molecular formula is C26H36IN5O. The number of rotatable bonds is 5. The third-order valence-electron chi connectivity index (χ3n) is 7.11. The Morgan fingerprint density at radius 3 is 2.52 bits per heavy atom. The van der Waals surface area contributed by atoms with Crippen molar-refractivity contribution in [1.82, 2.24) is 15.1 Å². The summed E-state index contributed by atoms with van der Waals surface area (Å²) in [6.07, 6.45) is 1.48. The van der Waals surface area contributed by atoms with Gasteiger partial charge in [0.05, 0.1) is 18.8 Å². The molecule has 2 aromatic carbocycles. The van der Waals surface area contributed by atoms with E-state index in [-0.39, 0.29) is 30.1 Å². The van der Waals surface area contributed by atoms with E-state index in [0.717, 1.165) is 58.4 Å². The zero-order valence-electron chi connectivity index (χ0n) is 19.5. The number of nitrogens with zero attached hydrogens (tertiary/aromatic N) is 4. The van der Waals surface area contributed by atoms with Gasteiger partial charge in [0.2, 0.25) is 0 Å². The Bertz CT molecular complexity index is 896. The molecule has 3 saturated heterocycles. The molecule has 3 heterocycles. The van der Waals surface area contributed by atoms with Crippen molar-refractivity contribution in [2.45, 2.75) is 25.1 Å². The highest BCUT2D eigenvalue weighted by Crippen LogP contribution is 2.26. The second kappa shape index (κ2) is 11.5. The van der Waals surface area contributed by atoms with E-state index in [1.807, 2.05) is 7.05 Å². The van der Waals surface area contributed by atoms with Gasteiger partial charge in [-0.3, -0.25) is 9.89 Å². The number of benzene rings is 2. The molecule has 1 N–H and O–H groups in total. The largest absolute Gasteiger partial charge is 0.373 e. The molecule has 2 aromatic rings. The predicted molar refractivity (Wildman–Crippen MR) is 145 cm³/mol. The molecule has 33 heavy (non-hydrogen) atoms. The molecule has 3 aliphatic heterocycles. The number of aliphatic imine (C=N–C) groups is 1. The molecule has 6 nitrogen and oxygen atoms in total. The van der Waals surface area contributed by atoms with Crippen LogP contribution in [0.25, 0.3) is 0 Å². The van der Waals surface area contributed by atoms with E-state index < -0.39 is 0 Å². The van der Waals surface area contributed by atoms with Crippen LogP contribution in [0.1, 0.15) is 12.0 Å². The number of nitrogens with one attached hydrogen (secondary N) is 1. The number of ether oxygens (including phenoxy) is 1. The second-order valence-electron chi connectivity index (χ2n) is 9.20. The van der Waals surface area contributed by atoms with Crippen LogP contribution in [0, 0.1) is 5.92 Å². The highest BCUT2D eigenvalue weighted by Gasteiger charge is 2.41. The maximum Gasteiger partial charge on any atom is 0.193 e. The summed E-state index contributed by atoms with van der Waals surface area (Å²) in [6, 6.07) is 22.0. The fraction of sp³-hybridized carbons (Fsp3) is 0.500. The smallest absolute Gasteiger partial charge is 0.193 e. The fourth-order valence-corrected chi connectivity index (χ4v) is 5.39. The Morgan fingerprint density at radius 1 is 1.00 bits per heavy atom. The molecular weight excluding hydrogens is 525 g/mol. The number of likely N-dealkylation sites (tertiary alicyclic amines) is 1. The summed E-state index contributed by atoms with van der Waals surface area (Å²) < 4.78 is 6.16. The standard InChI is InChI=1S/C26H35N5O.HI/c1-27-26(28-16-22-12-13-29(18-22)23-10-6-3-7-11-23)31-19-24-25(20-31)32-15-14-30(24)17-21-8-4-2-5-9-21;/h2-11,22,24-25H,12-20H2,1H3,(H,27,28);1H. The van der Waals surface area contributed by atoms with E-state index in [4.69, 9.17) is 4.74 Å². The first-order valence-electron chi connectivity index (χ1n) is 12.0. The van der Waals surface area contributed by atoms with Crippen LogP contribution in [0.15, 0.2) is 65.7 Å². The molecule has 7 heteroatoms. The van der Waals surface area contributed by atoms with E-state index in [1.54, 1.807) is 0 Å². The van der Waals surface area contributed by atoms with Crippen molar-refractivity contribution in [2.24, 2.45) is 10.9 Å². The van der Waals surface area contributed by atoms with Crippen LogP contribution in [-0.2, 0) is 11.3 Å². The van der Waals surface area contributed by atoms with E-state index in [0.29, 0.717) is 12.0 Å². The second-order valence-corrected chi connectivity index (χ2v) is 9.20. The number of morpholine rings is 1. The number of hydrogen-bond donors (Lipinski definition) is 1. The van der Waals surface area contributed by atoms with Gasteiger partial charge in [-0.1, -0.05) is 48.5 Å². The summed E-state index contributed by atoms with van der Waals surface area (Å²) >= 11 is 0. The third-order valence-corrected chi connectivity index (χ3v) is 7.11. The van der Waals surface area contributed by atoms with Crippen molar-refractivity contribution in [3.05, 3.63) is 66.2 Å². The van der Waals surface area contributed by atoms with Crippen molar-refractivity contribution in [1.29, 1.82) is 0 Å². The summed E-state index contributed by atoms with van der Waals surface area (Å²) in [5.74, 6) is 1.66. The van der Waals surface area contributed by atoms with Gasteiger partial charge in [-0.25, -0.2) is 0 Å². The molecule has 0 amide bonds. The average Bonchev–Trinajstić information content (AvgIpc) is 3.49. The summed E-state index contributed by atoms with van der Waals surface area (Å²) in [5.41, 5.74) is 2.71. The van der Waals surface area contributed by atoms with Gasteiger partial charge in [0.15, 0.2) is 5.96 Å². The van der Waals surface area contributed by atoms with Gasteiger partial charge >= 0.3 is 0 Å². The Hall–Kier alpha value is -1.84. The van der Waals surface area contributed by atoms with Gasteiger partial charge in [-0.2, -0.15) is 0 Å². The quantitative estimate of drug-likeness (QED) is 0.345. The molecule has 0 bridgehead atoms. The highest BCUT2D eigenvalue weighted by atomic mass is 127. The monoisotopic (exact) mass is 561 g/mol. The van der Waals surface area contributed by atoms with E-state index >= 15 is 0 Å². The minimum Gasteiger partial charge on any atom is -0.373 e. The van der Waals surface area contributed by atoms with E-state index in [9.17, 15) is 0 Å². The van der Waals surface area contributed by atoms with Crippen LogP contribution in [0.5, 0.6) is 0 Å². The van der Waals surface area contributed by atoms with Crippen molar-refractivity contribution in [3.63, 3.8) is 0 Å². The van der Waals surface area contributed by atoms with Crippen LogP contribution < -0.4 is 10.2 Å². The lowest BCUT2D eigenvalue weighted by molar-refractivity contribution is -0.0502. The summed E-state index contributed by atoms with van der Waals surface area (Å²) in [7, 11) is 1.90. The van der Waals surface area contributed by atoms with Crippen molar-refractivity contribution < 1.29 is 4.74 Å². The SMILES string of the molecule is CN=C(NCC1CCN(c2ccccc2)C1)N1CC2OCCN(Cc3ccccc3)C2C1.I. The molecule has 5 rings (SSSR count). The van der Waals surface area contributed by atoms with Gasteiger partial charge in [0.25, 0.3) is 0 Å². The zero-order chi connectivity index (χ0) is 21.8. The number of guanidine groups is 1. The topological polar surface area (TPSA) is 43.3 Å². The van der Waals surface area contributed by atoms with E-state index in [1.165, 1.54) is 17.7 Å². The number of para-hydroxylation sites is 1. The summed E-state index contributed by atoms with van der Waals surface area (Å²) in [5, 5.41) is 3.67. The highest BCUT2D eigenvalue weighted by molar-refractivity contribution is 14.0. The first-order valence-corrected chi connectivity index (χ1v) is 12.0. The van der Waals surface area contributed by atoms with Gasteiger partial charge in [0, 0.05) is 58.5 Å². The van der Waals surface area contributed by atoms with Crippen molar-refractivity contribution in [2.75, 3.05) is 57.8 Å². The lowest BCUT2D eigenvalue weighted by Crippen LogP contribution is -2.50. The van der Waals surface area contributed by atoms with E-state index in [2.05, 4.69) is 85.7 Å². The minimum absolute atomic E-state index is 0. The average molecular weight is 562 g/mol.